The Morgan fingerprint density at radius 3 is 1.78 bits per heavy atom. The number of hydrogen-bond acceptors (Lipinski definition) is 10. The smallest absolute Gasteiger partial charge is 0.323 e. The Bertz CT molecular complexity index is 1690. The maximum absolute atomic E-state index is 12.6. The number of carbonyl (C=O) groups is 3. The highest BCUT2D eigenvalue weighted by Crippen LogP contribution is 2.26. The average molecular weight is 624 g/mol. The molecule has 1 heterocycles. The van der Waals surface area contributed by atoms with Gasteiger partial charge < -0.3 is 47.5 Å². The van der Waals surface area contributed by atoms with E-state index in [1.165, 1.54) is 0 Å². The Morgan fingerprint density at radius 2 is 1.24 bits per heavy atom. The van der Waals surface area contributed by atoms with E-state index >= 15 is 0 Å². The number of anilines is 7. The van der Waals surface area contributed by atoms with Crippen molar-refractivity contribution in [2.24, 2.45) is 5.73 Å². The lowest BCUT2D eigenvalue weighted by Crippen LogP contribution is -2.33. The highest BCUT2D eigenvalue weighted by atomic mass is 16.2. The molecule has 14 nitrogen and oxygen atoms in total. The summed E-state index contributed by atoms with van der Waals surface area (Å²) in [5.74, 6) is 0.433. The maximum atomic E-state index is 12.6. The molecule has 0 saturated heterocycles. The zero-order valence-corrected chi connectivity index (χ0v) is 26.0. The number of rotatable bonds is 13. The molecule has 0 spiro atoms. The fourth-order valence-corrected chi connectivity index (χ4v) is 4.23. The summed E-state index contributed by atoms with van der Waals surface area (Å²) in [6, 6.07) is 19.8. The summed E-state index contributed by atoms with van der Waals surface area (Å²) in [6.45, 7) is 1.37. The average Bonchev–Trinajstić information content (AvgIpc) is 3.04. The molecule has 0 aliphatic rings. The fraction of sp³-hybridized carbons (Fsp3) is 0.188. The first-order valence-corrected chi connectivity index (χ1v) is 14.3. The third-order valence-electron chi connectivity index (χ3n) is 6.78. The second-order valence-corrected chi connectivity index (χ2v) is 10.5. The molecule has 14 heteroatoms. The summed E-state index contributed by atoms with van der Waals surface area (Å²) in [5.41, 5.74) is 9.06. The van der Waals surface area contributed by atoms with Gasteiger partial charge in [0.15, 0.2) is 0 Å². The second-order valence-electron chi connectivity index (χ2n) is 10.5. The van der Waals surface area contributed by atoms with Crippen LogP contribution in [0.2, 0.25) is 0 Å². The Kier molecular flexibility index (Phi) is 10.8. The summed E-state index contributed by atoms with van der Waals surface area (Å²) in [6.07, 6.45) is 1.14. The highest BCUT2D eigenvalue weighted by molar-refractivity contribution is 6.00. The molecule has 0 bridgehead atoms. The molecule has 4 aromatic rings. The number of hydrogen-bond donors (Lipinski definition) is 7. The van der Waals surface area contributed by atoms with E-state index in [9.17, 15) is 14.4 Å². The summed E-state index contributed by atoms with van der Waals surface area (Å²) >= 11 is 0. The SMILES string of the molecule is CNc1nc(Nc2ccc(NC(=O)Nc3ccc(C(=O)N(C)CCN(C)C)cc3)cc2)nc(Nc2ccc(C(N)=O)cc2)c1C=N. The monoisotopic (exact) mass is 623 g/mol. The Morgan fingerprint density at radius 1 is 0.739 bits per heavy atom. The first-order valence-electron chi connectivity index (χ1n) is 14.3. The molecule has 238 valence electrons. The Labute approximate surface area is 266 Å². The van der Waals surface area contributed by atoms with Crippen LogP contribution < -0.4 is 32.3 Å². The number of aromatic nitrogens is 2. The molecule has 1 aromatic heterocycles. The van der Waals surface area contributed by atoms with Crippen LogP contribution in [-0.4, -0.2) is 85.1 Å². The number of primary amides is 1. The van der Waals surface area contributed by atoms with Crippen LogP contribution in [0.5, 0.6) is 0 Å². The van der Waals surface area contributed by atoms with Crippen molar-refractivity contribution in [2.75, 3.05) is 67.9 Å². The van der Waals surface area contributed by atoms with Crippen LogP contribution in [0.15, 0.2) is 72.8 Å². The lowest BCUT2D eigenvalue weighted by atomic mass is 10.2. The molecule has 0 saturated carbocycles. The van der Waals surface area contributed by atoms with Crippen LogP contribution in [0.1, 0.15) is 26.3 Å². The van der Waals surface area contributed by atoms with Gasteiger partial charge >= 0.3 is 6.03 Å². The molecule has 0 atom stereocenters. The largest absolute Gasteiger partial charge is 0.372 e. The van der Waals surface area contributed by atoms with Gasteiger partial charge in [-0.05, 0) is 86.9 Å². The van der Waals surface area contributed by atoms with E-state index in [4.69, 9.17) is 11.1 Å². The first-order chi connectivity index (χ1) is 22.1. The van der Waals surface area contributed by atoms with Crippen LogP contribution >= 0.6 is 0 Å². The third-order valence-corrected chi connectivity index (χ3v) is 6.78. The Hall–Kier alpha value is -6.02. The van der Waals surface area contributed by atoms with Crippen molar-refractivity contribution in [1.29, 1.82) is 5.41 Å². The lowest BCUT2D eigenvalue weighted by molar-refractivity contribution is 0.0786. The molecule has 0 aliphatic heterocycles. The molecular weight excluding hydrogens is 586 g/mol. The van der Waals surface area contributed by atoms with Crippen molar-refractivity contribution >= 4 is 64.4 Å². The van der Waals surface area contributed by atoms with Gasteiger partial charge in [-0.1, -0.05) is 0 Å². The lowest BCUT2D eigenvalue weighted by Gasteiger charge is -2.19. The summed E-state index contributed by atoms with van der Waals surface area (Å²) in [4.78, 5) is 49.3. The van der Waals surface area contributed by atoms with Crippen molar-refractivity contribution in [2.45, 2.75) is 0 Å². The zero-order chi connectivity index (χ0) is 33.2. The normalized spacial score (nSPS) is 10.5. The number of amides is 4. The standard InChI is InChI=1S/C32H37N11O3/c1-35-28-26(19-33)29(36-22-9-5-20(6-10-22)27(34)44)41-31(40-28)37-23-13-15-25(16-14-23)39-32(46)38-24-11-7-21(8-12-24)30(45)43(4)18-17-42(2)3/h5-16,19,33H,17-18H2,1-4H3,(H2,34,44)(H2,38,39,46)(H3,35,36,37,40,41). The van der Waals surface area contributed by atoms with Gasteiger partial charge in [-0.2, -0.15) is 9.97 Å². The molecule has 0 radical (unpaired) electrons. The number of carbonyl (C=O) groups excluding carboxylic acids is 3. The predicted molar refractivity (Wildman–Crippen MR) is 182 cm³/mol. The van der Waals surface area contributed by atoms with Crippen molar-refractivity contribution < 1.29 is 14.4 Å². The van der Waals surface area contributed by atoms with Gasteiger partial charge in [-0.15, -0.1) is 0 Å². The molecule has 46 heavy (non-hydrogen) atoms. The number of nitrogens with one attached hydrogen (secondary N) is 6. The summed E-state index contributed by atoms with van der Waals surface area (Å²) in [5, 5.41) is 22.7. The van der Waals surface area contributed by atoms with Crippen LogP contribution in [0.25, 0.3) is 0 Å². The maximum Gasteiger partial charge on any atom is 0.323 e. The second kappa shape index (κ2) is 15.1. The van der Waals surface area contributed by atoms with Gasteiger partial charge in [0.25, 0.3) is 5.91 Å². The van der Waals surface area contributed by atoms with Crippen molar-refractivity contribution in [1.82, 2.24) is 19.8 Å². The number of likely N-dealkylation sites (N-methyl/N-ethyl adjacent to an activating group) is 2. The van der Waals surface area contributed by atoms with Crippen LogP contribution in [0, 0.1) is 5.41 Å². The molecule has 4 rings (SSSR count). The number of nitrogens with two attached hydrogens (primary N) is 1. The molecular formula is C32H37N11O3. The van der Waals surface area contributed by atoms with E-state index in [0.717, 1.165) is 12.8 Å². The van der Waals surface area contributed by atoms with Crippen molar-refractivity contribution in [3.63, 3.8) is 0 Å². The first kappa shape index (κ1) is 32.9. The number of urea groups is 1. The summed E-state index contributed by atoms with van der Waals surface area (Å²) in [7, 11) is 7.36. The topological polar surface area (TPSA) is 193 Å². The molecule has 0 unspecified atom stereocenters. The van der Waals surface area contributed by atoms with Crippen LogP contribution in [0.4, 0.5) is 45.1 Å². The highest BCUT2D eigenvalue weighted by Gasteiger charge is 2.14. The van der Waals surface area contributed by atoms with Crippen molar-refractivity contribution in [3.05, 3.63) is 89.5 Å². The van der Waals surface area contributed by atoms with E-state index in [2.05, 4.69) is 36.6 Å². The molecule has 4 amide bonds. The fourth-order valence-electron chi connectivity index (χ4n) is 4.23. The van der Waals surface area contributed by atoms with E-state index in [0.29, 0.717) is 57.6 Å². The molecule has 3 aromatic carbocycles. The van der Waals surface area contributed by atoms with E-state index in [-0.39, 0.29) is 11.9 Å². The van der Waals surface area contributed by atoms with E-state index in [1.807, 2.05) is 19.0 Å². The van der Waals surface area contributed by atoms with Crippen molar-refractivity contribution in [3.8, 4) is 0 Å². The van der Waals surface area contributed by atoms with Gasteiger partial charge in [0, 0.05) is 67.3 Å². The minimum atomic E-state index is -0.529. The van der Waals surface area contributed by atoms with Gasteiger partial charge in [0.1, 0.15) is 11.6 Å². The molecule has 0 aliphatic carbocycles. The molecule has 8 N–H and O–H groups in total. The predicted octanol–water partition coefficient (Wildman–Crippen LogP) is 4.38. The van der Waals surface area contributed by atoms with Crippen LogP contribution in [0.3, 0.4) is 0 Å². The van der Waals surface area contributed by atoms with E-state index < -0.39 is 11.9 Å². The summed E-state index contributed by atoms with van der Waals surface area (Å²) < 4.78 is 0. The van der Waals surface area contributed by atoms with Gasteiger partial charge in [0.2, 0.25) is 11.9 Å². The van der Waals surface area contributed by atoms with E-state index in [1.54, 1.807) is 91.8 Å². The minimum Gasteiger partial charge on any atom is -0.372 e. The number of nitrogens with zero attached hydrogens (tertiary/aromatic N) is 4. The Balaban J connectivity index is 1.38. The number of benzene rings is 3. The van der Waals surface area contributed by atoms with Gasteiger partial charge in [0.05, 0.1) is 5.56 Å². The minimum absolute atomic E-state index is 0.0892. The third kappa shape index (κ3) is 8.76. The van der Waals surface area contributed by atoms with Gasteiger partial charge in [-0.25, -0.2) is 4.79 Å². The quantitative estimate of drug-likeness (QED) is 0.106. The molecule has 0 fully saturated rings. The zero-order valence-electron chi connectivity index (χ0n) is 26.0. The van der Waals surface area contributed by atoms with Gasteiger partial charge in [-0.3, -0.25) is 9.59 Å². The van der Waals surface area contributed by atoms with Crippen LogP contribution in [-0.2, 0) is 0 Å².